The molecule has 2 rings (SSSR count). The van der Waals surface area contributed by atoms with Gasteiger partial charge in [-0.05, 0) is 55.2 Å². The van der Waals surface area contributed by atoms with E-state index in [0.717, 1.165) is 17.7 Å². The maximum atomic E-state index is 12.4. The van der Waals surface area contributed by atoms with Gasteiger partial charge in [-0.1, -0.05) is 12.1 Å². The number of hydrogen-bond donors (Lipinski definition) is 0. The van der Waals surface area contributed by atoms with Crippen molar-refractivity contribution >= 4 is 0 Å². The van der Waals surface area contributed by atoms with E-state index in [4.69, 9.17) is 10.00 Å². The minimum absolute atomic E-state index is 0.171. The number of benzene rings is 1. The van der Waals surface area contributed by atoms with E-state index < -0.39 is 0 Å². The molecule has 0 spiro atoms. The van der Waals surface area contributed by atoms with Crippen LogP contribution in [0.4, 0.5) is 0 Å². The van der Waals surface area contributed by atoms with Gasteiger partial charge in [-0.3, -0.25) is 4.79 Å². The second-order valence-corrected chi connectivity index (χ2v) is 5.35. The molecule has 4 nitrogen and oxygen atoms in total. The Kier molecular flexibility index (Phi) is 5.13. The summed E-state index contributed by atoms with van der Waals surface area (Å²) >= 11 is 0. The Morgan fingerprint density at radius 3 is 2.59 bits per heavy atom. The third-order valence-electron chi connectivity index (χ3n) is 3.83. The van der Waals surface area contributed by atoms with E-state index in [1.165, 1.54) is 11.1 Å². The highest BCUT2D eigenvalue weighted by Crippen LogP contribution is 2.21. The molecule has 0 saturated carbocycles. The molecule has 4 heteroatoms. The average molecular weight is 296 g/mol. The Bertz CT molecular complexity index is 770. The minimum Gasteiger partial charge on any atom is -0.385 e. The molecule has 1 heterocycles. The SMILES string of the molecule is COCCCn1c(-c2ccc(C)c(C)c2)ccc(C#N)c1=O. The van der Waals surface area contributed by atoms with Crippen molar-refractivity contribution in [3.8, 4) is 17.3 Å². The quantitative estimate of drug-likeness (QED) is 0.797. The summed E-state index contributed by atoms with van der Waals surface area (Å²) in [5.41, 5.74) is 4.15. The number of hydrogen-bond acceptors (Lipinski definition) is 3. The van der Waals surface area contributed by atoms with E-state index in [1.807, 2.05) is 24.3 Å². The molecule has 0 N–H and O–H groups in total. The van der Waals surface area contributed by atoms with Gasteiger partial charge in [-0.15, -0.1) is 0 Å². The summed E-state index contributed by atoms with van der Waals surface area (Å²) in [6, 6.07) is 11.5. The van der Waals surface area contributed by atoms with Crippen molar-refractivity contribution in [3.63, 3.8) is 0 Å². The first kappa shape index (κ1) is 16.0. The number of aryl methyl sites for hydroxylation is 2. The number of nitriles is 1. The normalized spacial score (nSPS) is 10.5. The zero-order chi connectivity index (χ0) is 16.1. The van der Waals surface area contributed by atoms with Crippen molar-refractivity contribution in [2.75, 3.05) is 13.7 Å². The highest BCUT2D eigenvalue weighted by Gasteiger charge is 2.11. The molecule has 0 aliphatic heterocycles. The van der Waals surface area contributed by atoms with Crippen molar-refractivity contribution in [2.24, 2.45) is 0 Å². The molecule has 0 amide bonds. The van der Waals surface area contributed by atoms with Crippen LogP contribution in [0.25, 0.3) is 11.3 Å². The fraction of sp³-hybridized carbons (Fsp3) is 0.333. The van der Waals surface area contributed by atoms with Crippen LogP contribution in [0, 0.1) is 25.2 Å². The molecule has 22 heavy (non-hydrogen) atoms. The highest BCUT2D eigenvalue weighted by molar-refractivity contribution is 5.62. The summed E-state index contributed by atoms with van der Waals surface area (Å²) in [4.78, 5) is 12.4. The van der Waals surface area contributed by atoms with Crippen LogP contribution < -0.4 is 5.56 Å². The van der Waals surface area contributed by atoms with Gasteiger partial charge in [-0.2, -0.15) is 5.26 Å². The maximum absolute atomic E-state index is 12.4. The summed E-state index contributed by atoms with van der Waals surface area (Å²) in [6.07, 6.45) is 0.725. The Hall–Kier alpha value is -2.38. The van der Waals surface area contributed by atoms with Gasteiger partial charge in [0, 0.05) is 20.3 Å². The molecule has 0 saturated heterocycles. The van der Waals surface area contributed by atoms with Gasteiger partial charge in [0.05, 0.1) is 5.69 Å². The maximum Gasteiger partial charge on any atom is 0.268 e. The molecular weight excluding hydrogens is 276 g/mol. The molecule has 1 aromatic heterocycles. The molecule has 2 aromatic rings. The van der Waals surface area contributed by atoms with Gasteiger partial charge >= 0.3 is 0 Å². The van der Waals surface area contributed by atoms with Crippen LogP contribution in [0.3, 0.4) is 0 Å². The van der Waals surface area contributed by atoms with Gasteiger partial charge in [0.25, 0.3) is 5.56 Å². The monoisotopic (exact) mass is 296 g/mol. The topological polar surface area (TPSA) is 55.0 Å². The molecule has 0 radical (unpaired) electrons. The van der Waals surface area contributed by atoms with E-state index in [1.54, 1.807) is 17.7 Å². The molecular formula is C18H20N2O2. The van der Waals surface area contributed by atoms with E-state index >= 15 is 0 Å². The van der Waals surface area contributed by atoms with E-state index in [0.29, 0.717) is 13.2 Å². The molecule has 0 bridgehead atoms. The smallest absolute Gasteiger partial charge is 0.268 e. The third-order valence-corrected chi connectivity index (χ3v) is 3.83. The minimum atomic E-state index is -0.241. The molecule has 0 fully saturated rings. The molecule has 0 atom stereocenters. The fourth-order valence-corrected chi connectivity index (χ4v) is 2.41. The number of aromatic nitrogens is 1. The van der Waals surface area contributed by atoms with Gasteiger partial charge in [0.15, 0.2) is 0 Å². The molecule has 0 aliphatic rings. The Morgan fingerprint density at radius 1 is 1.18 bits per heavy atom. The largest absolute Gasteiger partial charge is 0.385 e. The first-order chi connectivity index (χ1) is 10.6. The lowest BCUT2D eigenvalue weighted by Gasteiger charge is -2.14. The van der Waals surface area contributed by atoms with Gasteiger partial charge in [0.2, 0.25) is 0 Å². The van der Waals surface area contributed by atoms with Crippen molar-refractivity contribution < 1.29 is 4.74 Å². The zero-order valence-corrected chi connectivity index (χ0v) is 13.2. The number of methoxy groups -OCH3 is 1. The number of nitrogens with zero attached hydrogens (tertiary/aromatic N) is 2. The number of ether oxygens (including phenoxy) is 1. The third kappa shape index (κ3) is 3.26. The highest BCUT2D eigenvalue weighted by atomic mass is 16.5. The van der Waals surface area contributed by atoms with Crippen molar-refractivity contribution in [3.05, 3.63) is 57.4 Å². The van der Waals surface area contributed by atoms with Crippen LogP contribution in [0.5, 0.6) is 0 Å². The Balaban J connectivity index is 2.54. The van der Waals surface area contributed by atoms with Crippen molar-refractivity contribution in [2.45, 2.75) is 26.8 Å². The van der Waals surface area contributed by atoms with Crippen LogP contribution in [0.15, 0.2) is 35.1 Å². The lowest BCUT2D eigenvalue weighted by atomic mass is 10.0. The standard InChI is InChI=1S/C18H20N2O2/c1-13-5-6-15(11-14(13)2)17-8-7-16(12-19)18(21)20(17)9-4-10-22-3/h5-8,11H,4,9-10H2,1-3H3. The Morgan fingerprint density at radius 2 is 1.95 bits per heavy atom. The van der Waals surface area contributed by atoms with Crippen LogP contribution >= 0.6 is 0 Å². The molecule has 1 aromatic carbocycles. The summed E-state index contributed by atoms with van der Waals surface area (Å²) in [7, 11) is 1.64. The van der Waals surface area contributed by atoms with Crippen LogP contribution in [-0.2, 0) is 11.3 Å². The zero-order valence-electron chi connectivity index (χ0n) is 13.2. The van der Waals surface area contributed by atoms with Crippen LogP contribution in [-0.4, -0.2) is 18.3 Å². The average Bonchev–Trinajstić information content (AvgIpc) is 2.51. The molecule has 0 aliphatic carbocycles. The van der Waals surface area contributed by atoms with Gasteiger partial charge in [-0.25, -0.2) is 0 Å². The van der Waals surface area contributed by atoms with E-state index in [-0.39, 0.29) is 11.1 Å². The van der Waals surface area contributed by atoms with Crippen LogP contribution in [0.2, 0.25) is 0 Å². The van der Waals surface area contributed by atoms with Crippen molar-refractivity contribution in [1.29, 1.82) is 5.26 Å². The van der Waals surface area contributed by atoms with Crippen LogP contribution in [0.1, 0.15) is 23.1 Å². The van der Waals surface area contributed by atoms with E-state index in [9.17, 15) is 4.79 Å². The second-order valence-electron chi connectivity index (χ2n) is 5.35. The predicted molar refractivity (Wildman–Crippen MR) is 86.8 cm³/mol. The predicted octanol–water partition coefficient (Wildman–Crippen LogP) is 3.04. The number of rotatable bonds is 5. The fourth-order valence-electron chi connectivity index (χ4n) is 2.41. The lowest BCUT2D eigenvalue weighted by Crippen LogP contribution is -2.24. The summed E-state index contributed by atoms with van der Waals surface area (Å²) < 4.78 is 6.73. The second kappa shape index (κ2) is 7.06. The molecule has 114 valence electrons. The number of pyridine rings is 1. The summed E-state index contributed by atoms with van der Waals surface area (Å²) in [5.74, 6) is 0. The summed E-state index contributed by atoms with van der Waals surface area (Å²) in [6.45, 7) is 5.22. The molecule has 0 unspecified atom stereocenters. The van der Waals surface area contributed by atoms with Gasteiger partial charge < -0.3 is 9.30 Å². The Labute approximate surface area is 130 Å². The lowest BCUT2D eigenvalue weighted by molar-refractivity contribution is 0.190. The first-order valence-electron chi connectivity index (χ1n) is 7.29. The first-order valence-corrected chi connectivity index (χ1v) is 7.29. The van der Waals surface area contributed by atoms with Crippen molar-refractivity contribution in [1.82, 2.24) is 4.57 Å². The van der Waals surface area contributed by atoms with Gasteiger partial charge in [0.1, 0.15) is 11.6 Å². The van der Waals surface area contributed by atoms with E-state index in [2.05, 4.69) is 19.9 Å². The summed E-state index contributed by atoms with van der Waals surface area (Å²) in [5, 5.41) is 9.07.